The minimum absolute atomic E-state index is 0.0256. The van der Waals surface area contributed by atoms with Crippen molar-refractivity contribution in [1.29, 1.82) is 0 Å². The first-order valence-corrected chi connectivity index (χ1v) is 9.27. The van der Waals surface area contributed by atoms with E-state index in [9.17, 15) is 9.59 Å². The second-order valence-electron chi connectivity index (χ2n) is 6.91. The molecule has 134 valence electrons. The highest BCUT2D eigenvalue weighted by Crippen LogP contribution is 2.24. The van der Waals surface area contributed by atoms with E-state index in [-0.39, 0.29) is 11.8 Å². The van der Waals surface area contributed by atoms with Crippen LogP contribution in [0.2, 0.25) is 0 Å². The van der Waals surface area contributed by atoms with Crippen LogP contribution in [-0.4, -0.2) is 31.4 Å². The van der Waals surface area contributed by atoms with Gasteiger partial charge in [0.05, 0.1) is 6.54 Å². The molecule has 0 aromatic heterocycles. The Bertz CT molecular complexity index is 618. The normalized spacial score (nSPS) is 19.0. The van der Waals surface area contributed by atoms with Gasteiger partial charge < -0.3 is 15.5 Å². The van der Waals surface area contributed by atoms with E-state index in [0.717, 1.165) is 17.8 Å². The van der Waals surface area contributed by atoms with Crippen molar-refractivity contribution in [3.05, 3.63) is 42.0 Å². The summed E-state index contributed by atoms with van der Waals surface area (Å²) in [4.78, 5) is 25.5. The maximum Gasteiger partial charge on any atom is 0.243 e. The van der Waals surface area contributed by atoms with E-state index in [4.69, 9.17) is 0 Å². The van der Waals surface area contributed by atoms with Crippen LogP contribution in [0.5, 0.6) is 0 Å². The van der Waals surface area contributed by atoms with Gasteiger partial charge in [-0.25, -0.2) is 0 Å². The second kappa shape index (κ2) is 8.70. The molecular formula is C20H27N3O2. The molecule has 25 heavy (non-hydrogen) atoms. The number of hydrogen-bond donors (Lipinski definition) is 2. The van der Waals surface area contributed by atoms with Gasteiger partial charge in [0.25, 0.3) is 0 Å². The van der Waals surface area contributed by atoms with Gasteiger partial charge in [-0.15, -0.1) is 0 Å². The van der Waals surface area contributed by atoms with Crippen molar-refractivity contribution in [2.45, 2.75) is 38.6 Å². The van der Waals surface area contributed by atoms with E-state index in [1.54, 1.807) is 6.08 Å². The molecule has 1 saturated heterocycles. The Kier molecular flexibility index (Phi) is 6.09. The summed E-state index contributed by atoms with van der Waals surface area (Å²) in [5.41, 5.74) is 2.10. The molecule has 0 atom stereocenters. The molecule has 5 nitrogen and oxygen atoms in total. The van der Waals surface area contributed by atoms with Gasteiger partial charge in [-0.1, -0.05) is 37.5 Å². The van der Waals surface area contributed by atoms with E-state index in [1.807, 2.05) is 24.3 Å². The molecule has 1 aliphatic carbocycles. The lowest BCUT2D eigenvalue weighted by Crippen LogP contribution is -2.47. The van der Waals surface area contributed by atoms with Crippen molar-refractivity contribution < 1.29 is 9.59 Å². The number of benzene rings is 1. The summed E-state index contributed by atoms with van der Waals surface area (Å²) in [6.07, 6.45) is 10.1. The molecule has 1 saturated carbocycles. The molecule has 5 heteroatoms. The largest absolute Gasteiger partial charge is 0.360 e. The topological polar surface area (TPSA) is 61.4 Å². The first-order chi connectivity index (χ1) is 12.2. The Balaban J connectivity index is 1.45. The number of nitrogens with one attached hydrogen (secondary N) is 2. The lowest BCUT2D eigenvalue weighted by molar-refractivity contribution is -0.120. The summed E-state index contributed by atoms with van der Waals surface area (Å²) in [5.74, 6) is 0.607. The number of amides is 2. The van der Waals surface area contributed by atoms with Gasteiger partial charge in [0.15, 0.2) is 0 Å². The maximum atomic E-state index is 12.0. The zero-order chi connectivity index (χ0) is 17.5. The standard InChI is InChI=1S/C20H27N3O2/c24-19(11-8-16-4-2-1-3-5-16)22-14-17-6-9-18(10-7-17)23-13-12-21-20(25)15-23/h6-11,16H,1-5,12-15H2,(H,21,25)(H,22,24)/b11-8+. The third-order valence-electron chi connectivity index (χ3n) is 4.98. The number of carbonyl (C=O) groups is 2. The number of anilines is 1. The third-order valence-corrected chi connectivity index (χ3v) is 4.98. The van der Waals surface area contributed by atoms with Crippen LogP contribution in [0.3, 0.4) is 0 Å². The van der Waals surface area contributed by atoms with Crippen molar-refractivity contribution in [1.82, 2.24) is 10.6 Å². The zero-order valence-electron chi connectivity index (χ0n) is 14.7. The highest BCUT2D eigenvalue weighted by atomic mass is 16.2. The van der Waals surface area contributed by atoms with Gasteiger partial charge in [-0.2, -0.15) is 0 Å². The molecular weight excluding hydrogens is 314 g/mol. The Morgan fingerprint density at radius 3 is 2.68 bits per heavy atom. The summed E-state index contributed by atoms with van der Waals surface area (Å²) < 4.78 is 0. The first-order valence-electron chi connectivity index (χ1n) is 9.27. The van der Waals surface area contributed by atoms with Gasteiger partial charge in [0.2, 0.25) is 11.8 Å². The molecule has 0 bridgehead atoms. The van der Waals surface area contributed by atoms with Gasteiger partial charge in [0, 0.05) is 25.3 Å². The molecule has 2 fully saturated rings. The lowest BCUT2D eigenvalue weighted by Gasteiger charge is -2.28. The van der Waals surface area contributed by atoms with Crippen LogP contribution in [0.25, 0.3) is 0 Å². The van der Waals surface area contributed by atoms with E-state index >= 15 is 0 Å². The number of hydrogen-bond acceptors (Lipinski definition) is 3. The van der Waals surface area contributed by atoms with Crippen LogP contribution >= 0.6 is 0 Å². The lowest BCUT2D eigenvalue weighted by atomic mass is 9.89. The van der Waals surface area contributed by atoms with Crippen LogP contribution in [0.15, 0.2) is 36.4 Å². The van der Waals surface area contributed by atoms with Crippen molar-refractivity contribution >= 4 is 17.5 Å². The molecule has 1 heterocycles. The summed E-state index contributed by atoms with van der Waals surface area (Å²) in [5, 5.41) is 5.77. The number of carbonyl (C=O) groups excluding carboxylic acids is 2. The number of allylic oxidation sites excluding steroid dienone is 1. The molecule has 1 aliphatic heterocycles. The summed E-state index contributed by atoms with van der Waals surface area (Å²) in [7, 11) is 0. The van der Waals surface area contributed by atoms with Gasteiger partial charge in [-0.05, 0) is 42.5 Å². The van der Waals surface area contributed by atoms with E-state index < -0.39 is 0 Å². The van der Waals surface area contributed by atoms with Crippen molar-refractivity contribution in [2.75, 3.05) is 24.5 Å². The Morgan fingerprint density at radius 1 is 1.20 bits per heavy atom. The molecule has 0 radical (unpaired) electrons. The predicted octanol–water partition coefficient (Wildman–Crippen LogP) is 2.38. The molecule has 1 aromatic rings. The predicted molar refractivity (Wildman–Crippen MR) is 99.2 cm³/mol. The minimum Gasteiger partial charge on any atom is -0.360 e. The molecule has 2 aliphatic rings. The monoisotopic (exact) mass is 341 g/mol. The fraction of sp³-hybridized carbons (Fsp3) is 0.500. The van der Waals surface area contributed by atoms with Crippen LogP contribution < -0.4 is 15.5 Å². The Morgan fingerprint density at radius 2 is 1.96 bits per heavy atom. The van der Waals surface area contributed by atoms with E-state index in [0.29, 0.717) is 25.6 Å². The van der Waals surface area contributed by atoms with Crippen LogP contribution in [0, 0.1) is 5.92 Å². The minimum atomic E-state index is -0.0256. The van der Waals surface area contributed by atoms with Crippen LogP contribution in [-0.2, 0) is 16.1 Å². The molecule has 2 amide bonds. The van der Waals surface area contributed by atoms with E-state index in [2.05, 4.69) is 21.6 Å². The average molecular weight is 341 g/mol. The zero-order valence-corrected chi connectivity index (χ0v) is 14.7. The molecule has 0 spiro atoms. The number of nitrogens with zero attached hydrogens (tertiary/aromatic N) is 1. The smallest absolute Gasteiger partial charge is 0.243 e. The fourth-order valence-corrected chi connectivity index (χ4v) is 3.48. The Labute approximate surface area is 149 Å². The summed E-state index contributed by atoms with van der Waals surface area (Å²) in [6, 6.07) is 8.04. The van der Waals surface area contributed by atoms with Crippen molar-refractivity contribution in [3.63, 3.8) is 0 Å². The maximum absolute atomic E-state index is 12.0. The van der Waals surface area contributed by atoms with Crippen molar-refractivity contribution in [2.24, 2.45) is 5.92 Å². The van der Waals surface area contributed by atoms with Crippen molar-refractivity contribution in [3.8, 4) is 0 Å². The highest BCUT2D eigenvalue weighted by Gasteiger charge is 2.16. The highest BCUT2D eigenvalue weighted by molar-refractivity contribution is 5.87. The van der Waals surface area contributed by atoms with Gasteiger partial charge in [-0.3, -0.25) is 9.59 Å². The number of piperazine rings is 1. The second-order valence-corrected chi connectivity index (χ2v) is 6.91. The quantitative estimate of drug-likeness (QED) is 0.809. The summed E-state index contributed by atoms with van der Waals surface area (Å²) in [6.45, 7) is 2.44. The molecule has 0 unspecified atom stereocenters. The average Bonchev–Trinajstić information content (AvgIpc) is 2.66. The Hall–Kier alpha value is -2.30. The van der Waals surface area contributed by atoms with Crippen LogP contribution in [0.1, 0.15) is 37.7 Å². The van der Waals surface area contributed by atoms with Crippen LogP contribution in [0.4, 0.5) is 5.69 Å². The molecule has 3 rings (SSSR count). The number of rotatable bonds is 5. The molecule has 1 aromatic carbocycles. The SMILES string of the molecule is O=C(/C=C/C1CCCCC1)NCc1ccc(N2CCNC(=O)C2)cc1. The third kappa shape index (κ3) is 5.34. The van der Waals surface area contributed by atoms with E-state index in [1.165, 1.54) is 32.1 Å². The fourth-order valence-electron chi connectivity index (χ4n) is 3.48. The summed E-state index contributed by atoms with van der Waals surface area (Å²) >= 11 is 0. The van der Waals surface area contributed by atoms with Gasteiger partial charge in [0.1, 0.15) is 0 Å². The first kappa shape index (κ1) is 17.5. The molecule has 2 N–H and O–H groups in total. The van der Waals surface area contributed by atoms with Gasteiger partial charge >= 0.3 is 0 Å².